The quantitative estimate of drug-likeness (QED) is 0.864. The van der Waals surface area contributed by atoms with Crippen LogP contribution in [0.1, 0.15) is 6.42 Å². The maximum Gasteiger partial charge on any atom is 0.227 e. The minimum atomic E-state index is 0.0908. The van der Waals surface area contributed by atoms with Crippen molar-refractivity contribution in [3.05, 3.63) is 22.7 Å². The third-order valence-corrected chi connectivity index (χ3v) is 3.42. The topological polar surface area (TPSA) is 66.6 Å². The van der Waals surface area contributed by atoms with Crippen molar-refractivity contribution in [1.82, 2.24) is 0 Å². The molecule has 0 aliphatic carbocycles. The summed E-state index contributed by atoms with van der Waals surface area (Å²) in [6, 6.07) is 5.05. The van der Waals surface area contributed by atoms with E-state index in [2.05, 4.69) is 15.9 Å². The monoisotopic (exact) mass is 284 g/mol. The van der Waals surface area contributed by atoms with E-state index in [9.17, 15) is 9.90 Å². The molecule has 0 spiro atoms. The lowest BCUT2D eigenvalue weighted by Gasteiger charge is -2.17. The summed E-state index contributed by atoms with van der Waals surface area (Å²) in [4.78, 5) is 13.4. The van der Waals surface area contributed by atoms with E-state index in [4.69, 9.17) is 5.73 Å². The van der Waals surface area contributed by atoms with Gasteiger partial charge < -0.3 is 15.7 Å². The molecule has 0 saturated carbocycles. The second kappa shape index (κ2) is 4.43. The minimum Gasteiger partial charge on any atom is -0.507 e. The molecule has 1 unspecified atom stereocenters. The largest absolute Gasteiger partial charge is 0.507 e. The van der Waals surface area contributed by atoms with Gasteiger partial charge in [-0.1, -0.05) is 0 Å². The molecule has 1 saturated heterocycles. The lowest BCUT2D eigenvalue weighted by Crippen LogP contribution is -2.25. The molecule has 1 atom stereocenters. The van der Waals surface area contributed by atoms with Gasteiger partial charge in [0, 0.05) is 18.7 Å². The Morgan fingerprint density at radius 1 is 1.56 bits per heavy atom. The fourth-order valence-electron chi connectivity index (χ4n) is 1.85. The Morgan fingerprint density at radius 2 is 2.31 bits per heavy atom. The summed E-state index contributed by atoms with van der Waals surface area (Å²) in [7, 11) is 0. The number of phenolic OH excluding ortho intramolecular Hbond substituents is 1. The van der Waals surface area contributed by atoms with Crippen molar-refractivity contribution in [3.8, 4) is 5.75 Å². The lowest BCUT2D eigenvalue weighted by atomic mass is 10.1. The zero-order valence-corrected chi connectivity index (χ0v) is 10.3. The molecule has 3 N–H and O–H groups in total. The second-order valence-corrected chi connectivity index (χ2v) is 4.80. The number of carbonyl (C=O) groups is 1. The van der Waals surface area contributed by atoms with Gasteiger partial charge in [-0.15, -0.1) is 0 Å². The molecule has 0 bridgehead atoms. The van der Waals surface area contributed by atoms with E-state index in [1.54, 1.807) is 23.1 Å². The van der Waals surface area contributed by atoms with Gasteiger partial charge in [0.2, 0.25) is 5.91 Å². The Morgan fingerprint density at radius 3 is 2.88 bits per heavy atom. The van der Waals surface area contributed by atoms with Gasteiger partial charge in [0.15, 0.2) is 0 Å². The number of hydrogen-bond donors (Lipinski definition) is 2. The van der Waals surface area contributed by atoms with Gasteiger partial charge in [-0.3, -0.25) is 4.79 Å². The maximum absolute atomic E-state index is 11.7. The second-order valence-electron chi connectivity index (χ2n) is 3.95. The molecule has 4 nitrogen and oxygen atoms in total. The highest BCUT2D eigenvalue weighted by Gasteiger charge is 2.29. The number of halogens is 1. The van der Waals surface area contributed by atoms with Crippen LogP contribution in [0.25, 0.3) is 0 Å². The van der Waals surface area contributed by atoms with Crippen LogP contribution in [0.4, 0.5) is 5.69 Å². The van der Waals surface area contributed by atoms with E-state index in [1.807, 2.05) is 0 Å². The van der Waals surface area contributed by atoms with Gasteiger partial charge in [0.25, 0.3) is 0 Å². The van der Waals surface area contributed by atoms with E-state index < -0.39 is 0 Å². The van der Waals surface area contributed by atoms with E-state index in [-0.39, 0.29) is 17.6 Å². The third kappa shape index (κ3) is 2.05. The first-order chi connectivity index (χ1) is 7.61. The van der Waals surface area contributed by atoms with Crippen LogP contribution < -0.4 is 10.6 Å². The van der Waals surface area contributed by atoms with Crippen molar-refractivity contribution < 1.29 is 9.90 Å². The van der Waals surface area contributed by atoms with Crippen LogP contribution in [0.2, 0.25) is 0 Å². The van der Waals surface area contributed by atoms with Crippen molar-refractivity contribution in [2.45, 2.75) is 6.42 Å². The standard InChI is InChI=1S/C11H13BrN2O2/c12-9-4-8(1-2-10(9)15)14-6-7(5-13)3-11(14)16/h1-2,4,7,15H,3,5-6,13H2. The number of aromatic hydroxyl groups is 1. The number of nitrogens with zero attached hydrogens (tertiary/aromatic N) is 1. The summed E-state index contributed by atoms with van der Waals surface area (Å²) in [6.45, 7) is 1.19. The molecule has 0 aromatic heterocycles. The van der Waals surface area contributed by atoms with E-state index in [1.165, 1.54) is 0 Å². The molecular formula is C11H13BrN2O2. The first kappa shape index (κ1) is 11.4. The van der Waals surface area contributed by atoms with Crippen molar-refractivity contribution in [1.29, 1.82) is 0 Å². The Bertz CT molecular complexity index is 422. The van der Waals surface area contributed by atoms with E-state index in [0.29, 0.717) is 24.0 Å². The van der Waals surface area contributed by atoms with Crippen LogP contribution in [0.15, 0.2) is 22.7 Å². The SMILES string of the molecule is NCC1CC(=O)N(c2ccc(O)c(Br)c2)C1. The van der Waals surface area contributed by atoms with Gasteiger partial charge >= 0.3 is 0 Å². The van der Waals surface area contributed by atoms with E-state index in [0.717, 1.165) is 5.69 Å². The van der Waals surface area contributed by atoms with Crippen LogP contribution in [0, 0.1) is 5.92 Å². The highest BCUT2D eigenvalue weighted by Crippen LogP contribution is 2.31. The maximum atomic E-state index is 11.7. The molecule has 1 fully saturated rings. The predicted molar refractivity (Wildman–Crippen MR) is 65.3 cm³/mol. The Kier molecular flexibility index (Phi) is 3.16. The summed E-state index contributed by atoms with van der Waals surface area (Å²) in [6.07, 6.45) is 0.509. The molecule has 1 aromatic carbocycles. The number of rotatable bonds is 2. The minimum absolute atomic E-state index is 0.0908. The summed E-state index contributed by atoms with van der Waals surface area (Å²) < 4.78 is 0.592. The molecule has 1 aliphatic heterocycles. The fraction of sp³-hybridized carbons (Fsp3) is 0.364. The number of hydrogen-bond acceptors (Lipinski definition) is 3. The Labute approximate surface area is 102 Å². The molecule has 1 aromatic rings. The number of nitrogens with two attached hydrogens (primary N) is 1. The summed E-state index contributed by atoms with van der Waals surface area (Å²) in [5, 5.41) is 9.38. The summed E-state index contributed by atoms with van der Waals surface area (Å²) in [5.74, 6) is 0.499. The number of amides is 1. The molecule has 1 aliphatic rings. The van der Waals surface area contributed by atoms with Crippen molar-refractivity contribution >= 4 is 27.5 Å². The number of phenols is 1. The van der Waals surface area contributed by atoms with Crippen LogP contribution in [-0.2, 0) is 4.79 Å². The smallest absolute Gasteiger partial charge is 0.227 e. The average Bonchev–Trinajstić information content (AvgIpc) is 2.64. The van der Waals surface area contributed by atoms with E-state index >= 15 is 0 Å². The van der Waals surface area contributed by atoms with Gasteiger partial charge in [0.1, 0.15) is 5.75 Å². The fourth-order valence-corrected chi connectivity index (χ4v) is 2.22. The van der Waals surface area contributed by atoms with Gasteiger partial charge in [-0.05, 0) is 46.6 Å². The van der Waals surface area contributed by atoms with Gasteiger partial charge in [-0.2, -0.15) is 0 Å². The van der Waals surface area contributed by atoms with Crippen LogP contribution in [0.3, 0.4) is 0 Å². The molecule has 1 heterocycles. The lowest BCUT2D eigenvalue weighted by molar-refractivity contribution is -0.117. The highest BCUT2D eigenvalue weighted by atomic mass is 79.9. The first-order valence-corrected chi connectivity index (χ1v) is 5.90. The van der Waals surface area contributed by atoms with Crippen molar-refractivity contribution in [2.75, 3.05) is 18.0 Å². The zero-order valence-electron chi connectivity index (χ0n) is 8.69. The Hall–Kier alpha value is -1.07. The number of benzene rings is 1. The summed E-state index contributed by atoms with van der Waals surface area (Å²) in [5.41, 5.74) is 6.36. The Balaban J connectivity index is 2.24. The van der Waals surface area contributed by atoms with Crippen LogP contribution in [-0.4, -0.2) is 24.1 Å². The summed E-state index contributed by atoms with van der Waals surface area (Å²) >= 11 is 3.23. The van der Waals surface area contributed by atoms with Crippen LogP contribution in [0.5, 0.6) is 5.75 Å². The molecule has 5 heteroatoms. The zero-order chi connectivity index (χ0) is 11.7. The normalized spacial score (nSPS) is 20.5. The molecule has 2 rings (SSSR count). The number of carbonyl (C=O) groups excluding carboxylic acids is 1. The first-order valence-electron chi connectivity index (χ1n) is 5.10. The van der Waals surface area contributed by atoms with Crippen molar-refractivity contribution in [2.24, 2.45) is 11.7 Å². The molecule has 86 valence electrons. The average molecular weight is 285 g/mol. The number of anilines is 1. The van der Waals surface area contributed by atoms with Crippen LogP contribution >= 0.6 is 15.9 Å². The molecule has 16 heavy (non-hydrogen) atoms. The molecular weight excluding hydrogens is 272 g/mol. The van der Waals surface area contributed by atoms with Gasteiger partial charge in [-0.25, -0.2) is 0 Å². The highest BCUT2D eigenvalue weighted by molar-refractivity contribution is 9.10. The molecule has 1 amide bonds. The predicted octanol–water partition coefficient (Wildman–Crippen LogP) is 1.47. The molecule has 0 radical (unpaired) electrons. The third-order valence-electron chi connectivity index (χ3n) is 2.78. The van der Waals surface area contributed by atoms with Crippen molar-refractivity contribution in [3.63, 3.8) is 0 Å². The van der Waals surface area contributed by atoms with Gasteiger partial charge in [0.05, 0.1) is 4.47 Å².